The van der Waals surface area contributed by atoms with Gasteiger partial charge in [0.05, 0.1) is 21.8 Å². The molecule has 114 valence electrons. The first-order valence-electron chi connectivity index (χ1n) is 6.65. The second kappa shape index (κ2) is 6.66. The van der Waals surface area contributed by atoms with Crippen LogP contribution in [0.3, 0.4) is 0 Å². The smallest absolute Gasteiger partial charge is 0.313 e. The summed E-state index contributed by atoms with van der Waals surface area (Å²) < 4.78 is 15.5. The van der Waals surface area contributed by atoms with Crippen molar-refractivity contribution in [2.24, 2.45) is 0 Å². The topological polar surface area (TPSA) is 55.1 Å². The van der Waals surface area contributed by atoms with E-state index in [0.29, 0.717) is 10.7 Å². The number of aromatic nitrogens is 2. The van der Waals surface area contributed by atoms with Gasteiger partial charge in [-0.15, -0.1) is 0 Å². The SMILES string of the molecule is CCCC(C)n1c(SCC(=O)O)nc2cc(F)c(Cl)cc21. The predicted molar refractivity (Wildman–Crippen MR) is 82.7 cm³/mol. The molecule has 0 radical (unpaired) electrons. The van der Waals surface area contributed by atoms with Gasteiger partial charge in [0.2, 0.25) is 0 Å². The first kappa shape index (κ1) is 16.1. The largest absolute Gasteiger partial charge is 0.481 e. The molecule has 0 spiro atoms. The Labute approximate surface area is 131 Å². The number of halogens is 2. The number of benzene rings is 1. The number of aliphatic carboxylic acids is 1. The first-order valence-corrected chi connectivity index (χ1v) is 8.02. The Hall–Kier alpha value is -1.27. The summed E-state index contributed by atoms with van der Waals surface area (Å²) in [5, 5.41) is 9.45. The summed E-state index contributed by atoms with van der Waals surface area (Å²) in [6.45, 7) is 4.11. The molecule has 0 aliphatic rings. The zero-order chi connectivity index (χ0) is 15.6. The van der Waals surface area contributed by atoms with E-state index in [0.717, 1.165) is 30.1 Å². The average Bonchev–Trinajstić information content (AvgIpc) is 2.75. The van der Waals surface area contributed by atoms with Crippen LogP contribution in [0, 0.1) is 5.82 Å². The molecule has 1 aromatic carbocycles. The third kappa shape index (κ3) is 3.49. The summed E-state index contributed by atoms with van der Waals surface area (Å²) in [6, 6.07) is 2.98. The third-order valence-electron chi connectivity index (χ3n) is 3.17. The first-order chi connectivity index (χ1) is 9.93. The summed E-state index contributed by atoms with van der Waals surface area (Å²) in [5.74, 6) is -1.52. The van der Waals surface area contributed by atoms with Crippen molar-refractivity contribution in [3.05, 3.63) is 23.0 Å². The van der Waals surface area contributed by atoms with Crippen molar-refractivity contribution in [1.82, 2.24) is 9.55 Å². The number of fused-ring (bicyclic) bond motifs is 1. The van der Waals surface area contributed by atoms with Crippen molar-refractivity contribution in [2.75, 3.05) is 5.75 Å². The van der Waals surface area contributed by atoms with E-state index in [2.05, 4.69) is 11.9 Å². The summed E-state index contributed by atoms with van der Waals surface area (Å²) >= 11 is 6.99. The molecular formula is C14H16ClFN2O2S. The molecule has 0 bridgehead atoms. The highest BCUT2D eigenvalue weighted by Gasteiger charge is 2.18. The van der Waals surface area contributed by atoms with Crippen LogP contribution in [0.5, 0.6) is 0 Å². The van der Waals surface area contributed by atoms with Crippen LogP contribution in [0.15, 0.2) is 17.3 Å². The molecule has 0 fully saturated rings. The Kier molecular flexibility index (Phi) is 5.11. The second-order valence-corrected chi connectivity index (χ2v) is 6.19. The van der Waals surface area contributed by atoms with E-state index in [9.17, 15) is 9.18 Å². The number of thioether (sulfide) groups is 1. The van der Waals surface area contributed by atoms with Gasteiger partial charge in [-0.3, -0.25) is 4.79 Å². The van der Waals surface area contributed by atoms with Crippen molar-refractivity contribution in [3.8, 4) is 0 Å². The van der Waals surface area contributed by atoms with E-state index in [1.807, 2.05) is 11.5 Å². The molecule has 0 saturated carbocycles. The maximum Gasteiger partial charge on any atom is 0.313 e. The van der Waals surface area contributed by atoms with Gasteiger partial charge in [0.15, 0.2) is 5.16 Å². The lowest BCUT2D eigenvalue weighted by atomic mass is 10.2. The van der Waals surface area contributed by atoms with Gasteiger partial charge in [0.25, 0.3) is 0 Å². The Morgan fingerprint density at radius 2 is 2.29 bits per heavy atom. The molecule has 0 aliphatic carbocycles. The Morgan fingerprint density at radius 3 is 2.90 bits per heavy atom. The fourth-order valence-electron chi connectivity index (χ4n) is 2.27. The van der Waals surface area contributed by atoms with Crippen LogP contribution in [0.25, 0.3) is 11.0 Å². The van der Waals surface area contributed by atoms with Gasteiger partial charge in [0.1, 0.15) is 5.82 Å². The molecular weight excluding hydrogens is 315 g/mol. The van der Waals surface area contributed by atoms with Crippen LogP contribution < -0.4 is 0 Å². The minimum Gasteiger partial charge on any atom is -0.481 e. The lowest BCUT2D eigenvalue weighted by molar-refractivity contribution is -0.133. The fraction of sp³-hybridized carbons (Fsp3) is 0.429. The molecule has 1 unspecified atom stereocenters. The number of rotatable bonds is 6. The Morgan fingerprint density at radius 1 is 1.57 bits per heavy atom. The number of hydrogen-bond donors (Lipinski definition) is 1. The predicted octanol–water partition coefficient (Wildman–Crippen LogP) is 4.37. The van der Waals surface area contributed by atoms with Gasteiger partial charge in [-0.2, -0.15) is 0 Å². The van der Waals surface area contributed by atoms with Gasteiger partial charge in [-0.05, 0) is 19.4 Å². The van der Waals surface area contributed by atoms with Crippen LogP contribution in [0.4, 0.5) is 4.39 Å². The molecule has 1 heterocycles. The third-order valence-corrected chi connectivity index (χ3v) is 4.40. The molecule has 2 rings (SSSR count). The number of nitrogens with zero attached hydrogens (tertiary/aromatic N) is 2. The highest BCUT2D eigenvalue weighted by Crippen LogP contribution is 2.32. The zero-order valence-electron chi connectivity index (χ0n) is 11.8. The standard InChI is InChI=1S/C14H16ClFN2O2S/c1-3-4-8(2)18-12-5-9(15)10(16)6-11(12)17-14(18)21-7-13(19)20/h5-6,8H,3-4,7H2,1-2H3,(H,19,20). The molecule has 2 aromatic rings. The molecule has 7 heteroatoms. The van der Waals surface area contributed by atoms with Crippen molar-refractivity contribution in [2.45, 2.75) is 37.9 Å². The van der Waals surface area contributed by atoms with E-state index in [1.165, 1.54) is 6.07 Å². The minimum atomic E-state index is -0.911. The van der Waals surface area contributed by atoms with Gasteiger partial charge in [-0.25, -0.2) is 9.37 Å². The Bertz CT molecular complexity index is 675. The highest BCUT2D eigenvalue weighted by atomic mass is 35.5. The van der Waals surface area contributed by atoms with Gasteiger partial charge in [0, 0.05) is 12.1 Å². The van der Waals surface area contributed by atoms with Crippen LogP contribution in [-0.4, -0.2) is 26.4 Å². The van der Waals surface area contributed by atoms with Crippen LogP contribution in [0.2, 0.25) is 5.02 Å². The molecule has 1 atom stereocenters. The van der Waals surface area contributed by atoms with E-state index >= 15 is 0 Å². The van der Waals surface area contributed by atoms with Gasteiger partial charge in [-0.1, -0.05) is 36.7 Å². The lowest BCUT2D eigenvalue weighted by Gasteiger charge is -2.16. The van der Waals surface area contributed by atoms with Crippen molar-refractivity contribution >= 4 is 40.4 Å². The molecule has 4 nitrogen and oxygen atoms in total. The van der Waals surface area contributed by atoms with E-state index in [-0.39, 0.29) is 16.8 Å². The average molecular weight is 331 g/mol. The molecule has 1 N–H and O–H groups in total. The Balaban J connectivity index is 2.54. The van der Waals surface area contributed by atoms with Crippen molar-refractivity contribution < 1.29 is 14.3 Å². The summed E-state index contributed by atoms with van der Waals surface area (Å²) in [4.78, 5) is 15.1. The number of carbonyl (C=O) groups is 1. The van der Waals surface area contributed by atoms with Crippen LogP contribution >= 0.6 is 23.4 Å². The van der Waals surface area contributed by atoms with Gasteiger partial charge >= 0.3 is 5.97 Å². The van der Waals surface area contributed by atoms with Crippen LogP contribution in [0.1, 0.15) is 32.7 Å². The summed E-state index contributed by atoms with van der Waals surface area (Å²) in [6.07, 6.45) is 1.90. The molecule has 1 aromatic heterocycles. The van der Waals surface area contributed by atoms with E-state index < -0.39 is 11.8 Å². The number of carboxylic acid groups (broad SMARTS) is 1. The zero-order valence-corrected chi connectivity index (χ0v) is 13.3. The van der Waals surface area contributed by atoms with Crippen molar-refractivity contribution in [3.63, 3.8) is 0 Å². The molecule has 0 amide bonds. The molecule has 0 aliphatic heterocycles. The number of imidazole rings is 1. The summed E-state index contributed by atoms with van der Waals surface area (Å²) in [7, 11) is 0. The second-order valence-electron chi connectivity index (χ2n) is 4.84. The van der Waals surface area contributed by atoms with Crippen molar-refractivity contribution in [1.29, 1.82) is 0 Å². The normalized spacial score (nSPS) is 12.8. The quantitative estimate of drug-likeness (QED) is 0.799. The highest BCUT2D eigenvalue weighted by molar-refractivity contribution is 7.99. The maximum absolute atomic E-state index is 13.6. The van der Waals surface area contributed by atoms with E-state index in [4.69, 9.17) is 16.7 Å². The van der Waals surface area contributed by atoms with Gasteiger partial charge < -0.3 is 9.67 Å². The lowest BCUT2D eigenvalue weighted by Crippen LogP contribution is -2.08. The maximum atomic E-state index is 13.6. The van der Waals surface area contributed by atoms with Crippen LogP contribution in [-0.2, 0) is 4.79 Å². The number of carboxylic acids is 1. The molecule has 21 heavy (non-hydrogen) atoms. The molecule has 0 saturated heterocycles. The minimum absolute atomic E-state index is 0.0436. The summed E-state index contributed by atoms with van der Waals surface area (Å²) in [5.41, 5.74) is 1.22. The monoisotopic (exact) mass is 330 g/mol. The van der Waals surface area contributed by atoms with E-state index in [1.54, 1.807) is 6.07 Å². The number of hydrogen-bond acceptors (Lipinski definition) is 3. The fourth-order valence-corrected chi connectivity index (χ4v) is 3.26.